The van der Waals surface area contributed by atoms with E-state index in [1.165, 1.54) is 0 Å². The predicted molar refractivity (Wildman–Crippen MR) is 75.7 cm³/mol. The number of fused-ring (bicyclic) bond motifs is 1. The fraction of sp³-hybridized carbons (Fsp3) is 0.250. The first-order valence-corrected chi connectivity index (χ1v) is 6.30. The smallest absolute Gasteiger partial charge is 0.254 e. The highest BCUT2D eigenvalue weighted by atomic mass is 16.2. The lowest BCUT2D eigenvalue weighted by molar-refractivity contribution is 0.0731. The maximum Gasteiger partial charge on any atom is 0.254 e. The quantitative estimate of drug-likeness (QED) is 0.787. The summed E-state index contributed by atoms with van der Waals surface area (Å²) in [6.07, 6.45) is 0. The van der Waals surface area contributed by atoms with E-state index in [-0.39, 0.29) is 18.5 Å². The molecule has 0 fully saturated rings. The van der Waals surface area contributed by atoms with Crippen LogP contribution in [-0.2, 0) is 0 Å². The number of nitrogens with zero attached hydrogens (tertiary/aromatic N) is 2. The van der Waals surface area contributed by atoms with Crippen molar-refractivity contribution in [3.63, 3.8) is 0 Å². The lowest BCUT2D eigenvalue weighted by atomic mass is 10.1. The van der Waals surface area contributed by atoms with Crippen LogP contribution in [0, 0.1) is 11.3 Å². The van der Waals surface area contributed by atoms with Crippen LogP contribution in [-0.4, -0.2) is 23.4 Å². The second-order valence-corrected chi connectivity index (χ2v) is 4.75. The van der Waals surface area contributed by atoms with E-state index in [1.54, 1.807) is 4.90 Å². The molecule has 0 aromatic heterocycles. The molecule has 0 aliphatic heterocycles. The summed E-state index contributed by atoms with van der Waals surface area (Å²) in [4.78, 5) is 14.0. The first kappa shape index (κ1) is 13.1. The number of hydrogen-bond donors (Lipinski definition) is 0. The summed E-state index contributed by atoms with van der Waals surface area (Å²) in [7, 11) is 0. The molecule has 0 bridgehead atoms. The highest BCUT2D eigenvalue weighted by Crippen LogP contribution is 2.17. The molecule has 0 atom stereocenters. The van der Waals surface area contributed by atoms with Gasteiger partial charge in [0.1, 0.15) is 6.54 Å². The Bertz CT molecular complexity index is 640. The van der Waals surface area contributed by atoms with Crippen LogP contribution in [0.15, 0.2) is 42.5 Å². The van der Waals surface area contributed by atoms with E-state index in [0.717, 1.165) is 10.8 Å². The molecular formula is C16H16N2O. The molecule has 0 aliphatic carbocycles. The molecule has 2 rings (SSSR count). The Morgan fingerprint density at radius 2 is 1.89 bits per heavy atom. The van der Waals surface area contributed by atoms with Crippen molar-refractivity contribution in [3.8, 4) is 6.07 Å². The minimum absolute atomic E-state index is 0.0126. The van der Waals surface area contributed by atoms with Crippen molar-refractivity contribution in [2.45, 2.75) is 19.9 Å². The zero-order valence-corrected chi connectivity index (χ0v) is 11.1. The van der Waals surface area contributed by atoms with Gasteiger partial charge in [0.15, 0.2) is 0 Å². The number of benzene rings is 2. The van der Waals surface area contributed by atoms with Gasteiger partial charge in [-0.25, -0.2) is 0 Å². The van der Waals surface area contributed by atoms with Gasteiger partial charge >= 0.3 is 0 Å². The van der Waals surface area contributed by atoms with Crippen LogP contribution < -0.4 is 0 Å². The van der Waals surface area contributed by atoms with Gasteiger partial charge in [-0.3, -0.25) is 4.79 Å². The summed E-state index contributed by atoms with van der Waals surface area (Å²) in [5.74, 6) is -0.0951. The van der Waals surface area contributed by atoms with Crippen LogP contribution in [0.25, 0.3) is 10.8 Å². The summed E-state index contributed by atoms with van der Waals surface area (Å²) >= 11 is 0. The van der Waals surface area contributed by atoms with Crippen molar-refractivity contribution in [1.82, 2.24) is 4.90 Å². The molecule has 0 saturated heterocycles. The average molecular weight is 252 g/mol. The fourth-order valence-corrected chi connectivity index (χ4v) is 2.05. The van der Waals surface area contributed by atoms with Crippen LogP contribution in [0.5, 0.6) is 0 Å². The van der Waals surface area contributed by atoms with E-state index in [1.807, 2.05) is 62.4 Å². The van der Waals surface area contributed by atoms with E-state index in [4.69, 9.17) is 5.26 Å². The number of rotatable bonds is 3. The molecule has 0 spiro atoms. The molecule has 19 heavy (non-hydrogen) atoms. The first-order valence-electron chi connectivity index (χ1n) is 6.30. The summed E-state index contributed by atoms with van der Waals surface area (Å²) in [5.41, 5.74) is 0.627. The van der Waals surface area contributed by atoms with Crippen molar-refractivity contribution >= 4 is 16.7 Å². The van der Waals surface area contributed by atoms with E-state index in [0.29, 0.717) is 5.56 Å². The normalized spacial score (nSPS) is 10.4. The van der Waals surface area contributed by atoms with Crippen LogP contribution in [0.4, 0.5) is 0 Å². The van der Waals surface area contributed by atoms with Gasteiger partial charge in [0, 0.05) is 11.6 Å². The first-order chi connectivity index (χ1) is 9.13. The zero-order valence-electron chi connectivity index (χ0n) is 11.1. The third-order valence-corrected chi connectivity index (χ3v) is 3.12. The molecule has 96 valence electrons. The Kier molecular flexibility index (Phi) is 3.82. The van der Waals surface area contributed by atoms with Crippen molar-refractivity contribution in [1.29, 1.82) is 5.26 Å². The summed E-state index contributed by atoms with van der Waals surface area (Å²) in [5, 5.41) is 11.0. The molecule has 0 aliphatic rings. The fourth-order valence-electron chi connectivity index (χ4n) is 2.05. The van der Waals surface area contributed by atoms with Gasteiger partial charge < -0.3 is 4.90 Å². The highest BCUT2D eigenvalue weighted by molar-refractivity contribution is 5.98. The van der Waals surface area contributed by atoms with E-state index in [9.17, 15) is 4.79 Å². The summed E-state index contributed by atoms with van der Waals surface area (Å²) < 4.78 is 0. The summed E-state index contributed by atoms with van der Waals surface area (Å²) in [6.45, 7) is 3.94. The number of carbonyl (C=O) groups is 1. The molecule has 2 aromatic carbocycles. The molecule has 0 radical (unpaired) electrons. The molecule has 2 aromatic rings. The van der Waals surface area contributed by atoms with Gasteiger partial charge in [-0.05, 0) is 36.8 Å². The second-order valence-electron chi connectivity index (χ2n) is 4.75. The van der Waals surface area contributed by atoms with Crippen LogP contribution >= 0.6 is 0 Å². The number of hydrogen-bond acceptors (Lipinski definition) is 2. The van der Waals surface area contributed by atoms with E-state index in [2.05, 4.69) is 0 Å². The SMILES string of the molecule is CC(C)N(CC#N)C(=O)c1ccc2ccccc2c1. The lowest BCUT2D eigenvalue weighted by Gasteiger charge is -2.24. The average Bonchev–Trinajstić information content (AvgIpc) is 2.43. The van der Waals surface area contributed by atoms with Crippen LogP contribution in [0.3, 0.4) is 0 Å². The summed E-state index contributed by atoms with van der Waals surface area (Å²) in [6, 6.07) is 15.6. The molecule has 0 heterocycles. The van der Waals surface area contributed by atoms with Crippen LogP contribution in [0.2, 0.25) is 0 Å². The van der Waals surface area contributed by atoms with Crippen molar-refractivity contribution in [3.05, 3.63) is 48.0 Å². The number of carbonyl (C=O) groups excluding carboxylic acids is 1. The van der Waals surface area contributed by atoms with Crippen molar-refractivity contribution in [2.24, 2.45) is 0 Å². The Balaban J connectivity index is 2.38. The molecular weight excluding hydrogens is 236 g/mol. The van der Waals surface area contributed by atoms with Gasteiger partial charge in [-0.1, -0.05) is 30.3 Å². The van der Waals surface area contributed by atoms with Gasteiger partial charge in [0.05, 0.1) is 6.07 Å². The lowest BCUT2D eigenvalue weighted by Crippen LogP contribution is -2.37. The van der Waals surface area contributed by atoms with Gasteiger partial charge in [-0.15, -0.1) is 0 Å². The minimum Gasteiger partial charge on any atom is -0.323 e. The molecule has 3 nitrogen and oxygen atoms in total. The van der Waals surface area contributed by atoms with E-state index < -0.39 is 0 Å². The van der Waals surface area contributed by atoms with Gasteiger partial charge in [0.25, 0.3) is 5.91 Å². The topological polar surface area (TPSA) is 44.1 Å². The second kappa shape index (κ2) is 5.53. The molecule has 1 amide bonds. The predicted octanol–water partition coefficient (Wildman–Crippen LogP) is 3.21. The van der Waals surface area contributed by atoms with Gasteiger partial charge in [-0.2, -0.15) is 5.26 Å². The largest absolute Gasteiger partial charge is 0.323 e. The maximum absolute atomic E-state index is 12.4. The Morgan fingerprint density at radius 3 is 2.53 bits per heavy atom. The Hall–Kier alpha value is -2.34. The third kappa shape index (κ3) is 2.74. The molecule has 0 N–H and O–H groups in total. The maximum atomic E-state index is 12.4. The van der Waals surface area contributed by atoms with E-state index >= 15 is 0 Å². The standard InChI is InChI=1S/C16H16N2O/c1-12(2)18(10-9-17)16(19)15-8-7-13-5-3-4-6-14(13)11-15/h3-8,11-12H,10H2,1-2H3. The number of amides is 1. The monoisotopic (exact) mass is 252 g/mol. The van der Waals surface area contributed by atoms with Gasteiger partial charge in [0.2, 0.25) is 0 Å². The zero-order chi connectivity index (χ0) is 13.8. The van der Waals surface area contributed by atoms with Crippen LogP contribution in [0.1, 0.15) is 24.2 Å². The Labute approximate surface area is 113 Å². The molecule has 3 heteroatoms. The highest BCUT2D eigenvalue weighted by Gasteiger charge is 2.18. The third-order valence-electron chi connectivity index (χ3n) is 3.12. The minimum atomic E-state index is -0.0951. The number of nitriles is 1. The van der Waals surface area contributed by atoms with Crippen molar-refractivity contribution < 1.29 is 4.79 Å². The van der Waals surface area contributed by atoms with Crippen molar-refractivity contribution in [2.75, 3.05) is 6.54 Å². The molecule has 0 saturated carbocycles. The Morgan fingerprint density at radius 1 is 1.21 bits per heavy atom. The molecule has 0 unspecified atom stereocenters.